The minimum atomic E-state index is -0.362. The van der Waals surface area contributed by atoms with Gasteiger partial charge in [0.1, 0.15) is 11.1 Å². The second-order valence-corrected chi connectivity index (χ2v) is 8.98. The maximum atomic E-state index is 10.4. The lowest BCUT2D eigenvalue weighted by Gasteiger charge is -2.17. The summed E-state index contributed by atoms with van der Waals surface area (Å²) in [6, 6.07) is 2.13. The van der Waals surface area contributed by atoms with E-state index in [2.05, 4.69) is 15.6 Å². The van der Waals surface area contributed by atoms with Crippen molar-refractivity contribution in [2.45, 2.75) is 70.7 Å². The first-order chi connectivity index (χ1) is 12.3. The Kier molecular flexibility index (Phi) is 4.14. The summed E-state index contributed by atoms with van der Waals surface area (Å²) in [6.07, 6.45) is 8.05. The van der Waals surface area contributed by atoms with E-state index in [1.807, 2.05) is 11.3 Å². The largest absolute Gasteiger partial charge is 0.386 e. The molecule has 0 saturated heterocycles. The van der Waals surface area contributed by atoms with Gasteiger partial charge in [0.15, 0.2) is 0 Å². The second kappa shape index (κ2) is 6.49. The minimum Gasteiger partial charge on any atom is -0.386 e. The number of rotatable bonds is 4. The van der Waals surface area contributed by atoms with E-state index >= 15 is 0 Å². The van der Waals surface area contributed by atoms with Crippen LogP contribution in [0.1, 0.15) is 65.2 Å². The molecule has 3 heterocycles. The van der Waals surface area contributed by atoms with Crippen LogP contribution in [0, 0.1) is 5.92 Å². The fourth-order valence-electron chi connectivity index (χ4n) is 4.15. The van der Waals surface area contributed by atoms with E-state index in [-0.39, 0.29) is 6.10 Å². The van der Waals surface area contributed by atoms with Crippen LogP contribution in [-0.2, 0) is 32.5 Å². The van der Waals surface area contributed by atoms with Crippen molar-refractivity contribution < 1.29 is 5.11 Å². The Labute approximate surface area is 152 Å². The molecular formula is C19H26N4OS. The van der Waals surface area contributed by atoms with Gasteiger partial charge in [-0.1, -0.05) is 0 Å². The number of aromatic nitrogens is 3. The predicted octanol–water partition coefficient (Wildman–Crippen LogP) is 3.07. The summed E-state index contributed by atoms with van der Waals surface area (Å²) in [7, 11) is 0. The third kappa shape index (κ3) is 3.27. The van der Waals surface area contributed by atoms with Gasteiger partial charge in [0.25, 0.3) is 0 Å². The molecule has 0 bridgehead atoms. The number of thiazole rings is 1. The van der Waals surface area contributed by atoms with E-state index in [9.17, 15) is 5.11 Å². The van der Waals surface area contributed by atoms with Crippen LogP contribution in [0.25, 0.3) is 0 Å². The van der Waals surface area contributed by atoms with Crippen molar-refractivity contribution in [3.63, 3.8) is 0 Å². The van der Waals surface area contributed by atoms with Gasteiger partial charge < -0.3 is 5.11 Å². The van der Waals surface area contributed by atoms with E-state index < -0.39 is 0 Å². The molecule has 6 heteroatoms. The molecule has 0 spiro atoms. The Morgan fingerprint density at radius 1 is 1.20 bits per heavy atom. The van der Waals surface area contributed by atoms with Crippen LogP contribution in [-0.4, -0.2) is 31.3 Å². The summed E-state index contributed by atoms with van der Waals surface area (Å²) < 4.78 is 2.12. The van der Waals surface area contributed by atoms with Gasteiger partial charge in [-0.15, -0.1) is 11.3 Å². The van der Waals surface area contributed by atoms with E-state index in [1.54, 1.807) is 0 Å². The lowest BCUT2D eigenvalue weighted by molar-refractivity contribution is 0.148. The standard InChI is InChI=1S/C19H26N4OS/c24-19(13-6-7-13)16-10-14-11-22(8-3-9-23(14)21-16)12-18-20-15-4-1-2-5-17(15)25-18/h10,13,19,24H,1-9,11-12H2/t19-/m1/s1. The summed E-state index contributed by atoms with van der Waals surface area (Å²) in [6.45, 7) is 3.91. The van der Waals surface area contributed by atoms with Crippen molar-refractivity contribution >= 4 is 11.3 Å². The highest BCUT2D eigenvalue weighted by molar-refractivity contribution is 7.11. The molecule has 1 N–H and O–H groups in total. The van der Waals surface area contributed by atoms with Crippen molar-refractivity contribution in [3.8, 4) is 0 Å². The van der Waals surface area contributed by atoms with Crippen LogP contribution < -0.4 is 0 Å². The molecule has 1 aliphatic heterocycles. The Morgan fingerprint density at radius 2 is 2.08 bits per heavy atom. The quantitative estimate of drug-likeness (QED) is 0.913. The Morgan fingerprint density at radius 3 is 2.92 bits per heavy atom. The topological polar surface area (TPSA) is 54.2 Å². The first kappa shape index (κ1) is 16.0. The zero-order valence-electron chi connectivity index (χ0n) is 14.7. The molecular weight excluding hydrogens is 332 g/mol. The third-order valence-corrected chi connectivity index (χ3v) is 6.87. The van der Waals surface area contributed by atoms with Crippen LogP contribution >= 0.6 is 11.3 Å². The molecule has 25 heavy (non-hydrogen) atoms. The van der Waals surface area contributed by atoms with Gasteiger partial charge in [-0.2, -0.15) is 5.10 Å². The minimum absolute atomic E-state index is 0.362. The molecule has 0 amide bonds. The smallest absolute Gasteiger partial charge is 0.107 e. The van der Waals surface area contributed by atoms with Gasteiger partial charge in [0.2, 0.25) is 0 Å². The van der Waals surface area contributed by atoms with Crippen molar-refractivity contribution in [2.24, 2.45) is 5.92 Å². The van der Waals surface area contributed by atoms with Crippen LogP contribution in [0.5, 0.6) is 0 Å². The molecule has 0 aromatic carbocycles. The molecule has 5 rings (SSSR count). The predicted molar refractivity (Wildman–Crippen MR) is 97.4 cm³/mol. The van der Waals surface area contributed by atoms with E-state index in [4.69, 9.17) is 10.1 Å². The number of aliphatic hydroxyl groups excluding tert-OH is 1. The number of hydrogen-bond acceptors (Lipinski definition) is 5. The normalized spacial score (nSPS) is 22.3. The summed E-state index contributed by atoms with van der Waals surface area (Å²) in [4.78, 5) is 8.93. The zero-order valence-corrected chi connectivity index (χ0v) is 15.5. The SMILES string of the molecule is O[C@@H](c1cc2n(n1)CCCN(Cc1nc3c(s1)CCCC3)C2)C1CC1. The lowest BCUT2D eigenvalue weighted by Crippen LogP contribution is -2.22. The number of nitrogens with zero attached hydrogens (tertiary/aromatic N) is 4. The monoisotopic (exact) mass is 358 g/mol. The van der Waals surface area contributed by atoms with E-state index in [1.165, 1.54) is 47.0 Å². The molecule has 5 nitrogen and oxygen atoms in total. The molecule has 134 valence electrons. The summed E-state index contributed by atoms with van der Waals surface area (Å²) in [5, 5.41) is 16.3. The zero-order chi connectivity index (χ0) is 16.8. The fourth-order valence-corrected chi connectivity index (χ4v) is 5.35. The number of aliphatic hydroxyl groups is 1. The second-order valence-electron chi connectivity index (χ2n) is 7.81. The molecule has 0 radical (unpaired) electrons. The first-order valence-electron chi connectivity index (χ1n) is 9.71. The van der Waals surface area contributed by atoms with E-state index in [0.717, 1.165) is 51.1 Å². The van der Waals surface area contributed by atoms with Gasteiger partial charge in [-0.25, -0.2) is 4.98 Å². The Bertz CT molecular complexity index is 740. The maximum absolute atomic E-state index is 10.4. The fraction of sp³-hybridized carbons (Fsp3) is 0.684. The van der Waals surface area contributed by atoms with Crippen LogP contribution in [0.2, 0.25) is 0 Å². The third-order valence-electron chi connectivity index (χ3n) is 5.73. The maximum Gasteiger partial charge on any atom is 0.107 e. The molecule has 1 saturated carbocycles. The van der Waals surface area contributed by atoms with Gasteiger partial charge in [-0.05, 0) is 56.9 Å². The highest BCUT2D eigenvalue weighted by Crippen LogP contribution is 2.40. The molecule has 2 aromatic heterocycles. The van der Waals surface area contributed by atoms with Crippen molar-refractivity contribution in [1.29, 1.82) is 0 Å². The number of hydrogen-bond donors (Lipinski definition) is 1. The van der Waals surface area contributed by atoms with Crippen molar-refractivity contribution in [3.05, 3.63) is 33.0 Å². The molecule has 1 fully saturated rings. The average Bonchev–Trinajstić information content (AvgIpc) is 3.31. The highest BCUT2D eigenvalue weighted by atomic mass is 32.1. The molecule has 3 aliphatic rings. The first-order valence-corrected chi connectivity index (χ1v) is 10.5. The van der Waals surface area contributed by atoms with Crippen LogP contribution in [0.15, 0.2) is 6.07 Å². The summed E-state index contributed by atoms with van der Waals surface area (Å²) >= 11 is 1.92. The Balaban J connectivity index is 1.31. The molecule has 2 aromatic rings. The van der Waals surface area contributed by atoms with Gasteiger partial charge in [0.05, 0.1) is 23.6 Å². The van der Waals surface area contributed by atoms with Crippen LogP contribution in [0.3, 0.4) is 0 Å². The summed E-state index contributed by atoms with van der Waals surface area (Å²) in [5.74, 6) is 0.442. The number of aryl methyl sites for hydroxylation is 3. The van der Waals surface area contributed by atoms with E-state index in [0.29, 0.717) is 5.92 Å². The lowest BCUT2D eigenvalue weighted by atomic mass is 10.0. The van der Waals surface area contributed by atoms with Crippen LogP contribution in [0.4, 0.5) is 0 Å². The molecule has 1 atom stereocenters. The number of fused-ring (bicyclic) bond motifs is 2. The van der Waals surface area contributed by atoms with Gasteiger partial charge >= 0.3 is 0 Å². The summed E-state index contributed by atoms with van der Waals surface area (Å²) in [5.41, 5.74) is 3.48. The molecule has 0 unspecified atom stereocenters. The van der Waals surface area contributed by atoms with Gasteiger partial charge in [0, 0.05) is 24.5 Å². The van der Waals surface area contributed by atoms with Gasteiger partial charge in [-0.3, -0.25) is 9.58 Å². The molecule has 2 aliphatic carbocycles. The average molecular weight is 359 g/mol. The highest BCUT2D eigenvalue weighted by Gasteiger charge is 2.33. The van der Waals surface area contributed by atoms with Crippen molar-refractivity contribution in [2.75, 3.05) is 6.54 Å². The Hall–Kier alpha value is -1.24. The van der Waals surface area contributed by atoms with Crippen molar-refractivity contribution in [1.82, 2.24) is 19.7 Å².